The molecule has 0 radical (unpaired) electrons. The van der Waals surface area contributed by atoms with Gasteiger partial charge in [0.25, 0.3) is 0 Å². The summed E-state index contributed by atoms with van der Waals surface area (Å²) in [6, 6.07) is -8.14. The lowest BCUT2D eigenvalue weighted by molar-refractivity contribution is 0.669. The fourth-order valence-corrected chi connectivity index (χ4v) is 3.65. The molecule has 0 saturated carbocycles. The first-order chi connectivity index (χ1) is 19.1. The van der Waals surface area contributed by atoms with Crippen LogP contribution in [0.2, 0.25) is 0 Å². The molecule has 0 aliphatic carbocycles. The molecule has 0 bridgehead atoms. The summed E-state index contributed by atoms with van der Waals surface area (Å²) in [5.41, 5.74) is -1.31. The van der Waals surface area contributed by atoms with E-state index in [1.807, 2.05) is 0 Å². The molecule has 2 nitrogen and oxygen atoms in total. The minimum atomic E-state index is -0.656. The van der Waals surface area contributed by atoms with E-state index in [0.717, 1.165) is 4.57 Å². The van der Waals surface area contributed by atoms with Gasteiger partial charge in [-0.05, 0) is 52.2 Å². The Morgan fingerprint density at radius 1 is 0.704 bits per heavy atom. The van der Waals surface area contributed by atoms with Crippen molar-refractivity contribution in [2.24, 2.45) is 0 Å². The second kappa shape index (κ2) is 5.48. The van der Waals surface area contributed by atoms with Crippen molar-refractivity contribution in [3.63, 3.8) is 0 Å². The Hall–Kier alpha value is -3.04. The van der Waals surface area contributed by atoms with E-state index < -0.39 is 84.6 Å². The van der Waals surface area contributed by atoms with E-state index >= 15 is 0 Å². The lowest BCUT2D eigenvalue weighted by Crippen LogP contribution is -1.95. The molecule has 0 atom stereocenters. The van der Waals surface area contributed by atoms with Crippen molar-refractivity contribution in [2.45, 2.75) is 0 Å². The first-order valence-electron chi connectivity index (χ1n) is 14.8. The van der Waals surface area contributed by atoms with Crippen LogP contribution in [0.1, 0.15) is 19.2 Å². The van der Waals surface area contributed by atoms with E-state index in [2.05, 4.69) is 15.9 Å². The van der Waals surface area contributed by atoms with E-state index in [-0.39, 0.29) is 53.9 Å². The van der Waals surface area contributed by atoms with Gasteiger partial charge in [0.2, 0.25) is 0 Å². The number of aromatic nitrogens is 1. The molecule has 128 valence electrons. The summed E-state index contributed by atoms with van der Waals surface area (Å²) in [6.07, 6.45) is 0. The summed E-state index contributed by atoms with van der Waals surface area (Å²) >= 11 is 3.22. The molecule has 0 aliphatic heterocycles. The van der Waals surface area contributed by atoms with Crippen molar-refractivity contribution in [3.05, 3.63) is 89.1 Å². The maximum absolute atomic E-state index is 8.87. The zero-order chi connectivity index (χ0) is 30.1. The molecule has 0 spiro atoms. The third-order valence-corrected chi connectivity index (χ3v) is 4.89. The topological polar surface area (TPSA) is 18.1 Å². The minimum absolute atomic E-state index is 0.115. The number of hydrogen-bond acceptors (Lipinski definition) is 1. The molecule has 0 unspecified atom stereocenters. The Kier molecular flexibility index (Phi) is 1.39. The number of fused-ring (bicyclic) bond motifs is 7. The van der Waals surface area contributed by atoms with Crippen molar-refractivity contribution in [2.75, 3.05) is 0 Å². The smallest absolute Gasteiger partial charge is 0.137 e. The molecule has 0 fully saturated rings. The van der Waals surface area contributed by atoms with Crippen LogP contribution in [0, 0.1) is 0 Å². The standard InChI is InChI=1S/C24H14BrNO/c25-18-9-3-5-11-20(18)26-19-10-4-1-7-15(19)16-13-14-22-23(24(16)26)17-8-2-6-12-21(17)27-22/h1-14H/i1D,2D,3D,4D,5D,6D,7D,8D,9D,10D,11D,12D,13D,14D. The van der Waals surface area contributed by atoms with Crippen molar-refractivity contribution in [3.8, 4) is 5.69 Å². The molecule has 0 amide bonds. The van der Waals surface area contributed by atoms with Gasteiger partial charge in [-0.25, -0.2) is 0 Å². The van der Waals surface area contributed by atoms with Gasteiger partial charge in [0.15, 0.2) is 0 Å². The van der Waals surface area contributed by atoms with Crippen LogP contribution in [0.4, 0.5) is 0 Å². The summed E-state index contributed by atoms with van der Waals surface area (Å²) in [4.78, 5) is 0. The molecule has 2 aromatic heterocycles. The highest BCUT2D eigenvalue weighted by molar-refractivity contribution is 9.10. The van der Waals surface area contributed by atoms with E-state index in [9.17, 15) is 0 Å². The molecular formula is C24H14BrNO. The van der Waals surface area contributed by atoms with Crippen LogP contribution >= 0.6 is 15.9 Å². The largest absolute Gasteiger partial charge is 0.456 e. The van der Waals surface area contributed by atoms with E-state index in [0.29, 0.717) is 0 Å². The van der Waals surface area contributed by atoms with Crippen LogP contribution in [0.5, 0.6) is 0 Å². The summed E-state index contributed by atoms with van der Waals surface area (Å²) in [6.45, 7) is 0. The Morgan fingerprint density at radius 3 is 2.37 bits per heavy atom. The Balaban J connectivity index is 2.12. The van der Waals surface area contributed by atoms with E-state index in [1.54, 1.807) is 0 Å². The maximum Gasteiger partial charge on any atom is 0.137 e. The average molecular weight is 426 g/mol. The van der Waals surface area contributed by atoms with Gasteiger partial charge in [-0.15, -0.1) is 0 Å². The third-order valence-electron chi connectivity index (χ3n) is 4.32. The normalized spacial score (nSPS) is 19.1. The minimum Gasteiger partial charge on any atom is -0.456 e. The maximum atomic E-state index is 8.87. The predicted molar refractivity (Wildman–Crippen MR) is 116 cm³/mol. The number of nitrogens with zero attached hydrogens (tertiary/aromatic N) is 1. The molecule has 4 aromatic carbocycles. The number of furan rings is 1. The molecule has 2 heterocycles. The number of halogens is 1. The third kappa shape index (κ3) is 2.00. The number of hydrogen-bond donors (Lipinski definition) is 0. The van der Waals surface area contributed by atoms with Gasteiger partial charge in [-0.3, -0.25) is 0 Å². The van der Waals surface area contributed by atoms with Crippen molar-refractivity contribution in [1.82, 2.24) is 4.57 Å². The molecular weight excluding hydrogens is 398 g/mol. The number of rotatable bonds is 1. The Bertz CT molecular complexity index is 2190. The van der Waals surface area contributed by atoms with Gasteiger partial charge in [0.1, 0.15) is 11.2 Å². The average Bonchev–Trinajstić information content (AvgIpc) is 3.51. The molecule has 0 aliphatic rings. The summed E-state index contributed by atoms with van der Waals surface area (Å²) in [7, 11) is 0. The second-order valence-corrected chi connectivity index (χ2v) is 6.50. The first kappa shape index (κ1) is 6.84. The van der Waals surface area contributed by atoms with Crippen LogP contribution in [-0.4, -0.2) is 4.57 Å². The molecule has 0 N–H and O–H groups in total. The summed E-state index contributed by atoms with van der Waals surface area (Å²) < 4.78 is 125. The molecule has 3 heteroatoms. The zero-order valence-corrected chi connectivity index (χ0v) is 14.8. The zero-order valence-electron chi connectivity index (χ0n) is 27.2. The Labute approximate surface area is 183 Å². The second-order valence-electron chi connectivity index (χ2n) is 5.71. The highest BCUT2D eigenvalue weighted by Gasteiger charge is 2.19. The van der Waals surface area contributed by atoms with Crippen LogP contribution in [0.15, 0.2) is 93.5 Å². The van der Waals surface area contributed by atoms with Gasteiger partial charge in [0, 0.05) is 20.6 Å². The predicted octanol–water partition coefficient (Wildman–Crippen LogP) is 7.45. The van der Waals surface area contributed by atoms with Crippen LogP contribution in [0.3, 0.4) is 0 Å². The molecule has 27 heavy (non-hydrogen) atoms. The Morgan fingerprint density at radius 2 is 1.44 bits per heavy atom. The monoisotopic (exact) mass is 425 g/mol. The first-order valence-corrected chi connectivity index (χ1v) is 8.56. The van der Waals surface area contributed by atoms with Crippen LogP contribution in [-0.2, 0) is 0 Å². The van der Waals surface area contributed by atoms with E-state index in [4.69, 9.17) is 23.6 Å². The van der Waals surface area contributed by atoms with Crippen LogP contribution < -0.4 is 0 Å². The SMILES string of the molecule is [2H]c1c([2H])c([2H])c(-n2c3c([2H])c([2H])c([2H])c([2H])c3c3c([2H])c([2H])c4oc5c([2H])c([2H])c([2H])c([2H])c5c4c32)c(Br)c1[2H]. The summed E-state index contributed by atoms with van der Waals surface area (Å²) in [5, 5.41) is -0.684. The van der Waals surface area contributed by atoms with Crippen molar-refractivity contribution < 1.29 is 23.6 Å². The van der Waals surface area contributed by atoms with Crippen molar-refractivity contribution >= 4 is 59.7 Å². The molecule has 6 rings (SSSR count). The number of benzene rings is 4. The number of para-hydroxylation sites is 3. The van der Waals surface area contributed by atoms with Crippen molar-refractivity contribution in [1.29, 1.82) is 0 Å². The lowest BCUT2D eigenvalue weighted by Gasteiger charge is -2.10. The van der Waals surface area contributed by atoms with Gasteiger partial charge in [-0.2, -0.15) is 0 Å². The fourth-order valence-electron chi connectivity index (χ4n) is 3.28. The highest BCUT2D eigenvalue weighted by atomic mass is 79.9. The molecule has 6 aromatic rings. The molecule has 0 saturated heterocycles. The van der Waals surface area contributed by atoms with Gasteiger partial charge >= 0.3 is 0 Å². The van der Waals surface area contributed by atoms with Gasteiger partial charge < -0.3 is 8.98 Å². The quantitative estimate of drug-likeness (QED) is 0.267. The fraction of sp³-hybridized carbons (Fsp3) is 0. The lowest BCUT2D eigenvalue weighted by atomic mass is 10.1. The van der Waals surface area contributed by atoms with Gasteiger partial charge in [0.05, 0.1) is 41.3 Å². The summed E-state index contributed by atoms with van der Waals surface area (Å²) in [5.74, 6) is 0. The van der Waals surface area contributed by atoms with Crippen LogP contribution in [0.25, 0.3) is 49.4 Å². The highest BCUT2D eigenvalue weighted by Crippen LogP contribution is 2.41. The van der Waals surface area contributed by atoms with Gasteiger partial charge in [-0.1, -0.05) is 48.3 Å². The van der Waals surface area contributed by atoms with E-state index in [1.165, 1.54) is 0 Å².